The van der Waals surface area contributed by atoms with Gasteiger partial charge in [0.15, 0.2) is 6.23 Å². The Morgan fingerprint density at radius 3 is 2.70 bits per heavy atom. The molecule has 0 spiro atoms. The summed E-state index contributed by atoms with van der Waals surface area (Å²) in [4.78, 5) is 24.6. The maximum atomic E-state index is 11.6. The number of ether oxygens (including phenoxy) is 1. The number of aromatic nitrogens is 2. The highest BCUT2D eigenvalue weighted by atomic mass is 16.6. The van der Waals surface area contributed by atoms with Crippen molar-refractivity contribution in [1.82, 2.24) is 9.55 Å². The molecule has 2 unspecified atom stereocenters. The molecule has 1 fully saturated rings. The fraction of sp³-hybridized carbons (Fsp3) is 0.500. The molecular formula is C12H14N2O6. The molecule has 8 heteroatoms. The van der Waals surface area contributed by atoms with Gasteiger partial charge in [0.25, 0.3) is 5.56 Å². The molecule has 0 amide bonds. The SMILES string of the molecule is CC#CC(O)[C@H]1OC(n2ccc(=O)[nH]c2=O)[C@@H](O)[C@@H]1O. The van der Waals surface area contributed by atoms with E-state index in [0.717, 1.165) is 16.8 Å². The first kappa shape index (κ1) is 14.5. The molecule has 8 nitrogen and oxygen atoms in total. The molecule has 5 atom stereocenters. The van der Waals surface area contributed by atoms with Gasteiger partial charge in [0.2, 0.25) is 0 Å². The van der Waals surface area contributed by atoms with E-state index in [1.165, 1.54) is 6.92 Å². The Labute approximate surface area is 113 Å². The lowest BCUT2D eigenvalue weighted by atomic mass is 10.1. The predicted octanol–water partition coefficient (Wildman–Crippen LogP) is -2.46. The fourth-order valence-corrected chi connectivity index (χ4v) is 2.03. The number of aliphatic hydroxyl groups excluding tert-OH is 3. The Morgan fingerprint density at radius 2 is 2.10 bits per heavy atom. The average Bonchev–Trinajstić information content (AvgIpc) is 2.67. The normalized spacial score (nSPS) is 30.6. The van der Waals surface area contributed by atoms with Crippen molar-refractivity contribution in [2.75, 3.05) is 0 Å². The Morgan fingerprint density at radius 1 is 1.40 bits per heavy atom. The number of hydrogen-bond acceptors (Lipinski definition) is 6. The van der Waals surface area contributed by atoms with Gasteiger partial charge in [-0.05, 0) is 6.92 Å². The van der Waals surface area contributed by atoms with Crippen LogP contribution in [0, 0.1) is 11.8 Å². The van der Waals surface area contributed by atoms with Gasteiger partial charge in [-0.15, -0.1) is 5.92 Å². The third-order valence-corrected chi connectivity index (χ3v) is 3.00. The third-order valence-electron chi connectivity index (χ3n) is 3.00. The largest absolute Gasteiger partial charge is 0.387 e. The predicted molar refractivity (Wildman–Crippen MR) is 66.7 cm³/mol. The molecule has 0 saturated carbocycles. The maximum Gasteiger partial charge on any atom is 0.330 e. The van der Waals surface area contributed by atoms with Crippen LogP contribution in [0.5, 0.6) is 0 Å². The van der Waals surface area contributed by atoms with Gasteiger partial charge in [-0.25, -0.2) is 4.79 Å². The maximum absolute atomic E-state index is 11.6. The lowest BCUT2D eigenvalue weighted by Crippen LogP contribution is -2.39. The second-order valence-corrected chi connectivity index (χ2v) is 4.33. The Bertz CT molecular complexity index is 654. The van der Waals surface area contributed by atoms with Gasteiger partial charge >= 0.3 is 5.69 Å². The first-order valence-electron chi connectivity index (χ1n) is 5.89. The molecule has 1 aromatic heterocycles. The molecule has 4 N–H and O–H groups in total. The van der Waals surface area contributed by atoms with Gasteiger partial charge in [-0.2, -0.15) is 0 Å². The molecular weight excluding hydrogens is 268 g/mol. The number of nitrogens with one attached hydrogen (secondary N) is 1. The minimum Gasteiger partial charge on any atom is -0.387 e. The zero-order chi connectivity index (χ0) is 14.9. The van der Waals surface area contributed by atoms with Crippen LogP contribution in [0.1, 0.15) is 13.2 Å². The van der Waals surface area contributed by atoms with Crippen molar-refractivity contribution in [3.63, 3.8) is 0 Å². The Balaban J connectivity index is 2.32. The summed E-state index contributed by atoms with van der Waals surface area (Å²) in [5.74, 6) is 4.86. The van der Waals surface area contributed by atoms with Crippen LogP contribution >= 0.6 is 0 Å². The molecule has 1 aromatic rings. The molecule has 108 valence electrons. The topological polar surface area (TPSA) is 125 Å². The average molecular weight is 282 g/mol. The van der Waals surface area contributed by atoms with E-state index < -0.39 is 41.9 Å². The van der Waals surface area contributed by atoms with E-state index >= 15 is 0 Å². The van der Waals surface area contributed by atoms with Crippen LogP contribution in [0.25, 0.3) is 0 Å². The van der Waals surface area contributed by atoms with Crippen LogP contribution in [-0.2, 0) is 4.74 Å². The Kier molecular flexibility index (Phi) is 4.06. The summed E-state index contributed by atoms with van der Waals surface area (Å²) in [6, 6.07) is 1.08. The number of nitrogens with zero attached hydrogens (tertiary/aromatic N) is 1. The molecule has 2 rings (SSSR count). The fourth-order valence-electron chi connectivity index (χ4n) is 2.03. The number of rotatable bonds is 2. The molecule has 20 heavy (non-hydrogen) atoms. The Hall–Kier alpha value is -1.92. The van der Waals surface area contributed by atoms with Gasteiger partial charge in [-0.3, -0.25) is 14.3 Å². The van der Waals surface area contributed by atoms with Crippen LogP contribution < -0.4 is 11.2 Å². The molecule has 1 aliphatic heterocycles. The van der Waals surface area contributed by atoms with Crippen molar-refractivity contribution in [3.8, 4) is 11.8 Å². The number of aliphatic hydroxyl groups is 3. The molecule has 0 radical (unpaired) electrons. The molecule has 0 aliphatic carbocycles. The van der Waals surface area contributed by atoms with Crippen LogP contribution in [0.3, 0.4) is 0 Å². The van der Waals surface area contributed by atoms with Crippen LogP contribution in [0.15, 0.2) is 21.9 Å². The number of aromatic amines is 1. The molecule has 1 aliphatic rings. The number of hydrogen-bond donors (Lipinski definition) is 4. The highest BCUT2D eigenvalue weighted by Gasteiger charge is 2.46. The zero-order valence-corrected chi connectivity index (χ0v) is 10.6. The molecule has 0 aromatic carbocycles. The summed E-state index contributed by atoms with van der Waals surface area (Å²) in [5.41, 5.74) is -1.38. The molecule has 2 heterocycles. The van der Waals surface area contributed by atoms with E-state index in [1.807, 2.05) is 4.98 Å². The molecule has 1 saturated heterocycles. The second-order valence-electron chi connectivity index (χ2n) is 4.33. The van der Waals surface area contributed by atoms with E-state index in [-0.39, 0.29) is 0 Å². The summed E-state index contributed by atoms with van der Waals surface area (Å²) in [7, 11) is 0. The zero-order valence-electron chi connectivity index (χ0n) is 10.6. The minimum absolute atomic E-state index is 0.590. The highest BCUT2D eigenvalue weighted by Crippen LogP contribution is 2.29. The summed E-state index contributed by atoms with van der Waals surface area (Å²) < 4.78 is 6.23. The standard InChI is InChI=1S/C12H14N2O6/c1-2-3-6(15)10-8(17)9(18)11(20-10)14-5-4-7(16)13-12(14)19/h4-6,8-11,15,17-18H,1H3,(H,13,16,19)/t6?,8-,9-,10+,11?/m0/s1. The van der Waals surface area contributed by atoms with Crippen molar-refractivity contribution in [3.05, 3.63) is 33.1 Å². The smallest absolute Gasteiger partial charge is 0.330 e. The lowest BCUT2D eigenvalue weighted by Gasteiger charge is -2.17. The third kappa shape index (κ3) is 2.52. The van der Waals surface area contributed by atoms with Crippen molar-refractivity contribution in [2.24, 2.45) is 0 Å². The van der Waals surface area contributed by atoms with Gasteiger partial charge in [0, 0.05) is 12.3 Å². The quantitative estimate of drug-likeness (QED) is 0.446. The van der Waals surface area contributed by atoms with Crippen molar-refractivity contribution in [1.29, 1.82) is 0 Å². The van der Waals surface area contributed by atoms with E-state index in [0.29, 0.717) is 0 Å². The summed E-state index contributed by atoms with van der Waals surface area (Å²) >= 11 is 0. The van der Waals surface area contributed by atoms with E-state index in [2.05, 4.69) is 11.8 Å². The van der Waals surface area contributed by atoms with E-state index in [1.54, 1.807) is 0 Å². The molecule has 0 bridgehead atoms. The number of H-pyrrole nitrogens is 1. The van der Waals surface area contributed by atoms with Crippen LogP contribution in [0.4, 0.5) is 0 Å². The van der Waals surface area contributed by atoms with Crippen LogP contribution in [0.2, 0.25) is 0 Å². The van der Waals surface area contributed by atoms with Crippen molar-refractivity contribution >= 4 is 0 Å². The van der Waals surface area contributed by atoms with Gasteiger partial charge in [0.1, 0.15) is 24.4 Å². The van der Waals surface area contributed by atoms with Crippen LogP contribution in [-0.4, -0.2) is 49.3 Å². The first-order valence-corrected chi connectivity index (χ1v) is 5.89. The van der Waals surface area contributed by atoms with Crippen molar-refractivity contribution < 1.29 is 20.1 Å². The highest BCUT2D eigenvalue weighted by molar-refractivity contribution is 5.09. The second kappa shape index (κ2) is 5.60. The van der Waals surface area contributed by atoms with Gasteiger partial charge < -0.3 is 20.1 Å². The monoisotopic (exact) mass is 282 g/mol. The van der Waals surface area contributed by atoms with Gasteiger partial charge in [-0.1, -0.05) is 5.92 Å². The minimum atomic E-state index is -1.43. The lowest BCUT2D eigenvalue weighted by molar-refractivity contribution is -0.0704. The summed E-state index contributed by atoms with van der Waals surface area (Å²) in [5, 5.41) is 29.4. The van der Waals surface area contributed by atoms with E-state index in [4.69, 9.17) is 4.74 Å². The summed E-state index contributed by atoms with van der Waals surface area (Å²) in [6.07, 6.45) is -5.36. The summed E-state index contributed by atoms with van der Waals surface area (Å²) in [6.45, 7) is 1.50. The first-order chi connectivity index (χ1) is 9.45. The van der Waals surface area contributed by atoms with Crippen molar-refractivity contribution in [2.45, 2.75) is 37.6 Å². The van der Waals surface area contributed by atoms with Gasteiger partial charge in [0.05, 0.1) is 0 Å². The van der Waals surface area contributed by atoms with E-state index in [9.17, 15) is 24.9 Å².